The highest BCUT2D eigenvalue weighted by atomic mass is 33.1. The molecule has 0 aliphatic carbocycles. The number of carbonyl (C=O) groups is 4. The first-order chi connectivity index (χ1) is 24.0. The first kappa shape index (κ1) is 38.8. The van der Waals surface area contributed by atoms with Crippen LogP contribution in [0.15, 0.2) is 107 Å². The largest absolute Gasteiger partial charge is 0.352 e. The Morgan fingerprint density at radius 1 is 0.653 bits per heavy atom. The molecule has 0 fully saturated rings. The Morgan fingerprint density at radius 3 is 1.69 bits per heavy atom. The van der Waals surface area contributed by atoms with Crippen LogP contribution in [0, 0.1) is 0 Å². The van der Waals surface area contributed by atoms with Gasteiger partial charge in [0, 0.05) is 41.7 Å². The van der Waals surface area contributed by atoms with E-state index in [0.29, 0.717) is 48.4 Å². The van der Waals surface area contributed by atoms with Crippen molar-refractivity contribution in [3.63, 3.8) is 0 Å². The second-order valence-corrected chi connectivity index (χ2v) is 13.0. The molecule has 258 valence electrons. The topological polar surface area (TPSA) is 142 Å². The summed E-state index contributed by atoms with van der Waals surface area (Å²) in [5, 5.41) is 11.3. The molecule has 2 heterocycles. The molecule has 4 rings (SSSR count). The van der Waals surface area contributed by atoms with Crippen LogP contribution in [0.3, 0.4) is 0 Å². The van der Waals surface area contributed by atoms with Gasteiger partial charge in [-0.05, 0) is 67.8 Å². The third kappa shape index (κ3) is 15.4. The number of anilines is 2. The van der Waals surface area contributed by atoms with Crippen LogP contribution in [-0.2, 0) is 9.59 Å². The summed E-state index contributed by atoms with van der Waals surface area (Å²) in [5.41, 5.74) is 2.66. The van der Waals surface area contributed by atoms with Crippen LogP contribution in [0.25, 0.3) is 0 Å². The van der Waals surface area contributed by atoms with E-state index in [1.165, 1.54) is 28.0 Å². The Morgan fingerprint density at radius 2 is 1.18 bits per heavy atom. The van der Waals surface area contributed by atoms with Crippen molar-refractivity contribution in [1.82, 2.24) is 20.6 Å². The maximum Gasteiger partial charge on any atom is 0.252 e. The number of benzene rings is 2. The number of carbonyl (C=O) groups excluding carboxylic acids is 4. The third-order valence-corrected chi connectivity index (χ3v) is 9.48. The second-order valence-electron chi connectivity index (χ2n) is 10.8. The molecule has 4 aromatic rings. The number of hydrogen-bond acceptors (Lipinski definition) is 8. The zero-order valence-corrected chi connectivity index (χ0v) is 29.4. The highest BCUT2D eigenvalue weighted by Crippen LogP contribution is 2.40. The van der Waals surface area contributed by atoms with Gasteiger partial charge in [-0.15, -0.1) is 0 Å². The lowest BCUT2D eigenvalue weighted by Crippen LogP contribution is -2.25. The van der Waals surface area contributed by atoms with Crippen LogP contribution in [0.4, 0.5) is 11.4 Å². The molecule has 2 aromatic carbocycles. The van der Waals surface area contributed by atoms with Gasteiger partial charge in [-0.2, -0.15) is 0 Å². The van der Waals surface area contributed by atoms with Gasteiger partial charge in [0.2, 0.25) is 12.3 Å². The van der Waals surface area contributed by atoms with E-state index in [1.54, 1.807) is 49.1 Å². The third-order valence-electron chi connectivity index (χ3n) is 7.00. The molecule has 49 heavy (non-hydrogen) atoms. The molecule has 4 N–H and O–H groups in total. The lowest BCUT2D eigenvalue weighted by Gasteiger charge is -2.12. The molecule has 0 saturated carbocycles. The number of amides is 4. The van der Waals surface area contributed by atoms with E-state index >= 15 is 0 Å². The number of nitrogens with zero attached hydrogens (tertiary/aromatic N) is 2. The monoisotopic (exact) mass is 700 g/mol. The number of hydrogen-bond donors (Lipinski definition) is 4. The van der Waals surface area contributed by atoms with Crippen LogP contribution >= 0.6 is 21.6 Å². The van der Waals surface area contributed by atoms with Crippen LogP contribution in [-0.4, -0.2) is 47.2 Å². The average molecular weight is 701 g/mol. The fourth-order valence-electron chi connectivity index (χ4n) is 4.45. The van der Waals surface area contributed by atoms with E-state index < -0.39 is 0 Å². The van der Waals surface area contributed by atoms with Crippen molar-refractivity contribution in [1.29, 1.82) is 0 Å². The van der Waals surface area contributed by atoms with Gasteiger partial charge in [0.25, 0.3) is 11.8 Å². The Labute approximate surface area is 296 Å². The van der Waals surface area contributed by atoms with E-state index in [-0.39, 0.29) is 17.7 Å². The van der Waals surface area contributed by atoms with Gasteiger partial charge in [-0.1, -0.05) is 78.5 Å². The number of rotatable bonds is 19. The second kappa shape index (κ2) is 23.6. The van der Waals surface area contributed by atoms with Crippen LogP contribution in [0.1, 0.15) is 79.0 Å². The van der Waals surface area contributed by atoms with Crippen molar-refractivity contribution in [3.05, 3.63) is 109 Å². The quantitative estimate of drug-likeness (QED) is 0.0442. The van der Waals surface area contributed by atoms with Crippen LogP contribution < -0.4 is 21.3 Å². The lowest BCUT2D eigenvalue weighted by atomic mass is 10.1. The van der Waals surface area contributed by atoms with Crippen LogP contribution in [0.5, 0.6) is 0 Å². The molecular formula is C37H44N6O4S2. The summed E-state index contributed by atoms with van der Waals surface area (Å²) in [4.78, 5) is 57.0. The SMILES string of the molecule is CCCCCCNC(=O)c1ccccc1SSc1ccccc1C(=O)NCCCCCC(=O)Nc1cccnc1.O=CNc1cccnc1. The Hall–Kier alpha value is -4.68. The smallest absolute Gasteiger partial charge is 0.252 e. The molecule has 0 unspecified atom stereocenters. The molecule has 10 nitrogen and oxygen atoms in total. The minimum Gasteiger partial charge on any atom is -0.352 e. The maximum absolute atomic E-state index is 12.9. The molecule has 0 atom stereocenters. The van der Waals surface area contributed by atoms with Gasteiger partial charge in [-0.25, -0.2) is 0 Å². The number of pyridine rings is 2. The Balaban J connectivity index is 0.000000624. The molecule has 0 spiro atoms. The van der Waals surface area contributed by atoms with Crippen molar-refractivity contribution in [2.75, 3.05) is 23.7 Å². The summed E-state index contributed by atoms with van der Waals surface area (Å²) in [6.45, 7) is 3.38. The van der Waals surface area contributed by atoms with E-state index in [9.17, 15) is 19.2 Å². The molecule has 0 bridgehead atoms. The fourth-order valence-corrected chi connectivity index (χ4v) is 6.81. The van der Waals surface area contributed by atoms with Crippen molar-refractivity contribution < 1.29 is 19.2 Å². The summed E-state index contributed by atoms with van der Waals surface area (Å²) in [6, 6.07) is 22.2. The summed E-state index contributed by atoms with van der Waals surface area (Å²) in [5.74, 6) is -0.233. The van der Waals surface area contributed by atoms with Gasteiger partial charge in [0.05, 0.1) is 34.9 Å². The molecule has 0 aliphatic rings. The molecule has 0 radical (unpaired) electrons. The van der Waals surface area contributed by atoms with Gasteiger partial charge in [0.15, 0.2) is 0 Å². The summed E-state index contributed by atoms with van der Waals surface area (Å²) in [6.07, 6.45) is 14.4. The van der Waals surface area contributed by atoms with E-state index in [1.807, 2.05) is 48.5 Å². The first-order valence-electron chi connectivity index (χ1n) is 16.4. The Kier molecular flexibility index (Phi) is 18.7. The number of nitrogens with one attached hydrogen (secondary N) is 4. The van der Waals surface area contributed by atoms with Gasteiger partial charge in [-0.3, -0.25) is 29.1 Å². The molecule has 12 heteroatoms. The molecule has 2 aromatic heterocycles. The van der Waals surface area contributed by atoms with Gasteiger partial charge < -0.3 is 21.3 Å². The molecular weight excluding hydrogens is 657 g/mol. The lowest BCUT2D eigenvalue weighted by molar-refractivity contribution is -0.116. The first-order valence-corrected chi connectivity index (χ1v) is 18.6. The Bertz CT molecular complexity index is 1580. The molecule has 4 amide bonds. The molecule has 0 aliphatic heterocycles. The summed E-state index contributed by atoms with van der Waals surface area (Å²) in [7, 11) is 2.95. The standard InChI is InChI=1S/C31H38N4O3S2.C6H6N2O/c1-2-3-4-11-21-33-30(37)25-15-7-9-17-27(25)39-40-28-18-10-8-16-26(28)31(38)34-22-12-5-6-19-29(36)35-24-14-13-20-32-23-24;9-5-8-6-2-1-3-7-4-6/h7-10,13-18,20,23H,2-6,11-12,19,21-22H2,1H3,(H,33,37)(H,34,38)(H,35,36);1-5H,(H,8,9). The zero-order valence-electron chi connectivity index (χ0n) is 27.7. The minimum absolute atomic E-state index is 0.0356. The van der Waals surface area contributed by atoms with E-state index in [2.05, 4.69) is 38.2 Å². The molecule has 0 saturated heterocycles. The van der Waals surface area contributed by atoms with E-state index in [0.717, 1.165) is 48.3 Å². The predicted octanol–water partition coefficient (Wildman–Crippen LogP) is 7.77. The maximum atomic E-state index is 12.9. The highest BCUT2D eigenvalue weighted by molar-refractivity contribution is 8.76. The van der Waals surface area contributed by atoms with E-state index in [4.69, 9.17) is 0 Å². The van der Waals surface area contributed by atoms with Crippen molar-refractivity contribution >= 4 is 57.1 Å². The number of aromatic nitrogens is 2. The average Bonchev–Trinajstić information content (AvgIpc) is 3.13. The van der Waals surface area contributed by atoms with Crippen molar-refractivity contribution in [2.45, 2.75) is 68.1 Å². The number of unbranched alkanes of at least 4 members (excludes halogenated alkanes) is 5. The predicted molar refractivity (Wildman–Crippen MR) is 199 cm³/mol. The van der Waals surface area contributed by atoms with Crippen molar-refractivity contribution in [3.8, 4) is 0 Å². The summed E-state index contributed by atoms with van der Waals surface area (Å²) >= 11 is 0. The minimum atomic E-state index is -0.129. The highest BCUT2D eigenvalue weighted by Gasteiger charge is 2.15. The van der Waals surface area contributed by atoms with Gasteiger partial charge >= 0.3 is 0 Å². The van der Waals surface area contributed by atoms with Crippen molar-refractivity contribution in [2.24, 2.45) is 0 Å². The van der Waals surface area contributed by atoms with Gasteiger partial charge in [0.1, 0.15) is 0 Å². The fraction of sp³-hybridized carbons (Fsp3) is 0.297. The van der Waals surface area contributed by atoms with Crippen LogP contribution in [0.2, 0.25) is 0 Å². The summed E-state index contributed by atoms with van der Waals surface area (Å²) < 4.78 is 0. The zero-order chi connectivity index (χ0) is 34.9. The normalized spacial score (nSPS) is 10.2.